The molecule has 0 saturated carbocycles. The third-order valence-electron chi connectivity index (χ3n) is 25.2. The molecule has 105 heavy (non-hydrogen) atoms. The Morgan fingerprint density at radius 3 is 0.981 bits per heavy atom. The van der Waals surface area contributed by atoms with Gasteiger partial charge in [-0.2, -0.15) is 0 Å². The van der Waals surface area contributed by atoms with Crippen LogP contribution in [0, 0.1) is 0 Å². The predicted octanol–water partition coefficient (Wildman–Crippen LogP) is 20.7. The summed E-state index contributed by atoms with van der Waals surface area (Å²) in [5.41, 5.74) is 61.2. The quantitative estimate of drug-likeness (QED) is 0.147. The van der Waals surface area contributed by atoms with Crippen molar-refractivity contribution in [2.24, 2.45) is 0 Å². The molecule has 492 valence electrons. The topological polar surface area (TPSA) is 87.1 Å². The van der Waals surface area contributed by atoms with Crippen LogP contribution in [0.1, 0.15) is 134 Å². The fraction of sp³-hybridized carbons (Fsp3) is 0.125. The van der Waals surface area contributed by atoms with E-state index in [4.69, 9.17) is 19.9 Å². The number of anilines is 9. The third kappa shape index (κ3) is 8.12. The van der Waals surface area contributed by atoms with Gasteiger partial charge in [0.1, 0.15) is 0 Å². The van der Waals surface area contributed by atoms with Crippen molar-refractivity contribution in [1.29, 1.82) is 0 Å². The molecular weight excluding hydrogens is 1280 g/mol. The van der Waals surface area contributed by atoms with Crippen molar-refractivity contribution in [3.05, 3.63) is 372 Å². The SMILES string of the molecule is c1ccc2c(c1)Cc1cc3c(cc1-2)Cc1cc2c(cc1-3)Cc1ccnc3c1N2c1cccnc1C3.c1ccc2c(c1)Cc1cc3c(cc1-2)Cc1cc2c(cc1-3)Cc1ccnc3c1N2c1ccncc1C3.c1ccc2c(c1)Cc1cc3c(cc1-2)Cc1cc2c(cc1-3)Cc1ccnc3c1N2c1cnccc1C3. The molecule has 9 nitrogen and oxygen atoms in total. The fourth-order valence-corrected chi connectivity index (χ4v) is 20.6. The van der Waals surface area contributed by atoms with Crippen molar-refractivity contribution < 1.29 is 0 Å². The normalized spacial score (nSPS) is 14.9. The highest BCUT2D eigenvalue weighted by Gasteiger charge is 2.40. The maximum absolute atomic E-state index is 4.78. The number of fused-ring (bicyclic) bond motifs is 30. The summed E-state index contributed by atoms with van der Waals surface area (Å²) in [4.78, 5) is 35.3. The van der Waals surface area contributed by atoms with Gasteiger partial charge in [0.15, 0.2) is 0 Å². The van der Waals surface area contributed by atoms with E-state index in [9.17, 15) is 0 Å². The van der Waals surface area contributed by atoms with Gasteiger partial charge in [-0.15, -0.1) is 0 Å². The number of hydrogen-bond donors (Lipinski definition) is 0. The van der Waals surface area contributed by atoms with E-state index < -0.39 is 0 Å². The van der Waals surface area contributed by atoms with Crippen LogP contribution in [0.25, 0.3) is 66.8 Å². The molecule has 0 fully saturated rings. The summed E-state index contributed by atoms with van der Waals surface area (Å²) in [5.74, 6) is 0. The first-order valence-electron chi connectivity index (χ1n) is 37.3. The number of nitrogens with zero attached hydrogens (tertiary/aromatic N) is 9. The Hall–Kier alpha value is -12.7. The van der Waals surface area contributed by atoms with Crippen LogP contribution in [0.4, 0.5) is 51.2 Å². The maximum Gasteiger partial charge on any atom is 0.0717 e. The van der Waals surface area contributed by atoms with Crippen LogP contribution < -0.4 is 14.7 Å². The molecule has 0 amide bonds. The lowest BCUT2D eigenvalue weighted by molar-refractivity contribution is 0.926. The molecule has 0 atom stereocenters. The molecule has 0 spiro atoms. The van der Waals surface area contributed by atoms with E-state index in [1.165, 1.54) is 235 Å². The first kappa shape index (κ1) is 56.9. The summed E-state index contributed by atoms with van der Waals surface area (Å²) in [6.07, 6.45) is 27.1. The summed E-state index contributed by atoms with van der Waals surface area (Å²) in [7, 11) is 0. The second-order valence-corrected chi connectivity index (χ2v) is 30.8. The zero-order valence-corrected chi connectivity index (χ0v) is 57.5. The van der Waals surface area contributed by atoms with Gasteiger partial charge < -0.3 is 14.7 Å². The van der Waals surface area contributed by atoms with Crippen molar-refractivity contribution in [2.75, 3.05) is 14.7 Å². The highest BCUT2D eigenvalue weighted by molar-refractivity contribution is 5.97. The number of pyridine rings is 6. The van der Waals surface area contributed by atoms with Gasteiger partial charge in [0.05, 0.1) is 80.2 Å². The van der Waals surface area contributed by atoms with Crippen LogP contribution in [0.5, 0.6) is 0 Å². The van der Waals surface area contributed by atoms with Crippen LogP contribution in [0.2, 0.25) is 0 Å². The number of aromatic nitrogens is 6. The van der Waals surface area contributed by atoms with Crippen LogP contribution >= 0.6 is 0 Å². The first-order chi connectivity index (χ1) is 51.9. The molecule has 12 aliphatic rings. The van der Waals surface area contributed by atoms with Gasteiger partial charge >= 0.3 is 0 Å². The molecule has 0 radical (unpaired) electrons. The lowest BCUT2D eigenvalue weighted by Gasteiger charge is -2.38. The van der Waals surface area contributed by atoms with E-state index in [0.29, 0.717) is 0 Å². The number of rotatable bonds is 0. The van der Waals surface area contributed by atoms with Crippen LogP contribution in [-0.2, 0) is 77.0 Å². The first-order valence-corrected chi connectivity index (χ1v) is 37.3. The molecule has 12 heterocycles. The summed E-state index contributed by atoms with van der Waals surface area (Å²) in [5, 5.41) is 0. The fourth-order valence-electron chi connectivity index (χ4n) is 20.6. The number of benzene rings is 9. The Labute approximate surface area is 607 Å². The highest BCUT2D eigenvalue weighted by Crippen LogP contribution is 2.58. The zero-order valence-electron chi connectivity index (χ0n) is 57.5. The molecule has 27 rings (SSSR count). The van der Waals surface area contributed by atoms with Crippen molar-refractivity contribution >= 4 is 51.2 Å². The zero-order chi connectivity index (χ0) is 68.0. The summed E-state index contributed by atoms with van der Waals surface area (Å²) >= 11 is 0. The molecular formula is C96H63N9. The molecule has 0 bridgehead atoms. The van der Waals surface area contributed by atoms with Crippen molar-refractivity contribution in [3.63, 3.8) is 0 Å². The maximum atomic E-state index is 4.78. The second kappa shape index (κ2) is 21.0. The highest BCUT2D eigenvalue weighted by atomic mass is 15.2. The molecule has 0 N–H and O–H groups in total. The summed E-state index contributed by atoms with van der Waals surface area (Å²) < 4.78 is 0. The van der Waals surface area contributed by atoms with Crippen LogP contribution in [-0.4, -0.2) is 29.9 Å². The molecule has 6 aliphatic carbocycles. The monoisotopic (exact) mass is 1340 g/mol. The standard InChI is InChI=1S/3C32H21N3/c1-2-5-24-18(4-1)10-20-14-26-21(13-25(20)24)12-22-16-31-23(15-27(22)26)11-19-7-9-34-29-17-28-30(6-3-8-33-28)35(31)32(19)29;1-2-4-25-18(3-1)9-20-13-27-21(12-26(20)25)11-22-16-31-23(14-28(22)27)10-19-5-8-34-29-15-24-17-33-7-6-30(24)35(31)32(19)29;1-2-4-25-18(3-1)9-21-13-27-22(12-26(21)25)11-23-16-30-24(14-28(23)27)10-20-6-8-34-29-15-19-5-7-33-17-31(19)35(30)32(20)29/h1-9,13-16H,10-12,17H2;2*1-8,12-14,16-17H,9-11,15H2. The van der Waals surface area contributed by atoms with Crippen molar-refractivity contribution in [3.8, 4) is 66.8 Å². The Balaban J connectivity index is 0.0000000914. The van der Waals surface area contributed by atoms with E-state index in [2.05, 4.69) is 213 Å². The molecule has 15 aromatic rings. The average Bonchev–Trinajstić information content (AvgIpc) is 1.71. The Morgan fingerprint density at radius 1 is 0.181 bits per heavy atom. The lowest BCUT2D eigenvalue weighted by Crippen LogP contribution is -2.26. The Bertz CT molecular complexity index is 5910. The van der Waals surface area contributed by atoms with E-state index in [0.717, 1.165) is 94.1 Å². The van der Waals surface area contributed by atoms with Gasteiger partial charge in [-0.3, -0.25) is 29.9 Å². The summed E-state index contributed by atoms with van der Waals surface area (Å²) in [6.45, 7) is 0. The van der Waals surface area contributed by atoms with E-state index >= 15 is 0 Å². The second-order valence-electron chi connectivity index (χ2n) is 30.8. The van der Waals surface area contributed by atoms with Crippen molar-refractivity contribution in [1.82, 2.24) is 29.9 Å². The predicted molar refractivity (Wildman–Crippen MR) is 416 cm³/mol. The molecule has 6 aromatic heterocycles. The molecule has 0 saturated heterocycles. The van der Waals surface area contributed by atoms with Gasteiger partial charge in [0.2, 0.25) is 0 Å². The van der Waals surface area contributed by atoms with Gasteiger partial charge in [0.25, 0.3) is 0 Å². The van der Waals surface area contributed by atoms with Crippen LogP contribution in [0.15, 0.2) is 238 Å². The molecule has 9 aromatic carbocycles. The smallest absolute Gasteiger partial charge is 0.0717 e. The van der Waals surface area contributed by atoms with Crippen LogP contribution in [0.3, 0.4) is 0 Å². The van der Waals surface area contributed by atoms with Gasteiger partial charge in [0, 0.05) is 87.5 Å². The van der Waals surface area contributed by atoms with Gasteiger partial charge in [-0.05, 0) is 326 Å². The minimum absolute atomic E-state index is 0.800. The Morgan fingerprint density at radius 2 is 0.514 bits per heavy atom. The third-order valence-corrected chi connectivity index (χ3v) is 25.2. The average molecular weight is 1340 g/mol. The van der Waals surface area contributed by atoms with Gasteiger partial charge in [-0.25, -0.2) is 0 Å². The van der Waals surface area contributed by atoms with E-state index in [1.807, 2.05) is 49.6 Å². The largest absolute Gasteiger partial charge is 0.308 e. The molecule has 9 heteroatoms. The minimum atomic E-state index is 0.800. The van der Waals surface area contributed by atoms with Crippen molar-refractivity contribution in [2.45, 2.75) is 77.0 Å². The summed E-state index contributed by atoms with van der Waals surface area (Å²) in [6, 6.07) is 71.4. The number of hydrogen-bond acceptors (Lipinski definition) is 9. The molecule has 6 aliphatic heterocycles. The lowest BCUT2D eigenvalue weighted by atomic mass is 9.88. The molecule has 0 unspecified atom stereocenters. The van der Waals surface area contributed by atoms with E-state index in [1.54, 1.807) is 0 Å². The Kier molecular flexibility index (Phi) is 11.4. The minimum Gasteiger partial charge on any atom is -0.308 e. The van der Waals surface area contributed by atoms with E-state index in [-0.39, 0.29) is 0 Å². The van der Waals surface area contributed by atoms with Gasteiger partial charge in [-0.1, -0.05) is 72.8 Å².